The third-order valence-corrected chi connectivity index (χ3v) is 5.47. The molecule has 0 aromatic heterocycles. The van der Waals surface area contributed by atoms with E-state index in [0.717, 1.165) is 6.07 Å². The number of hydrogen-bond acceptors (Lipinski definition) is 10. The number of rotatable bonds is 5. The van der Waals surface area contributed by atoms with Crippen LogP contribution in [0.5, 0.6) is 46.0 Å². The molecule has 1 heterocycles. The minimum atomic E-state index is -0.981. The van der Waals surface area contributed by atoms with Gasteiger partial charge in [0.15, 0.2) is 29.1 Å². The molecule has 1 aliphatic rings. The monoisotopic (exact) mass is 470 g/mol. The zero-order valence-corrected chi connectivity index (χ0v) is 18.2. The van der Waals surface area contributed by atoms with Crippen LogP contribution in [0.25, 0.3) is 0 Å². The lowest BCUT2D eigenvalue weighted by Crippen LogP contribution is -2.34. The van der Waals surface area contributed by atoms with Crippen molar-refractivity contribution >= 4 is 5.97 Å². The SMILES string of the molecule is COc1cc(C(=O)O[C@@H]2Cc3c(O)cc(O)cc3O[C@@H]2c2ccc(O)c(O)c2)cc(OC)c1O. The third kappa shape index (κ3) is 4.13. The summed E-state index contributed by atoms with van der Waals surface area (Å²) in [6.45, 7) is 0. The third-order valence-electron chi connectivity index (χ3n) is 5.47. The standard InChI is InChI=1S/C24H22O10/c1-31-19-6-12(7-20(32-2)22(19)29)24(30)34-21-10-14-16(27)8-13(25)9-18(14)33-23(21)11-3-4-15(26)17(28)5-11/h3-9,21,23,25-29H,10H2,1-2H3/t21-,23-/m1/s1. The van der Waals surface area contributed by atoms with Crippen molar-refractivity contribution in [3.8, 4) is 46.0 Å². The number of phenols is 5. The number of carbonyl (C=O) groups is 1. The van der Waals surface area contributed by atoms with E-state index in [-0.39, 0.29) is 52.2 Å². The molecule has 0 fully saturated rings. The van der Waals surface area contributed by atoms with Gasteiger partial charge in [-0.2, -0.15) is 0 Å². The van der Waals surface area contributed by atoms with Crippen molar-refractivity contribution in [1.29, 1.82) is 0 Å². The molecule has 0 saturated heterocycles. The lowest BCUT2D eigenvalue weighted by Gasteiger charge is -2.34. The molecule has 3 aromatic rings. The first-order valence-electron chi connectivity index (χ1n) is 10.1. The van der Waals surface area contributed by atoms with E-state index in [9.17, 15) is 30.3 Å². The van der Waals surface area contributed by atoms with Crippen LogP contribution in [-0.4, -0.2) is 51.8 Å². The Kier molecular flexibility index (Phi) is 5.89. The highest BCUT2D eigenvalue weighted by molar-refractivity contribution is 5.91. The van der Waals surface area contributed by atoms with Crippen molar-refractivity contribution in [2.75, 3.05) is 14.2 Å². The number of esters is 1. The molecule has 4 rings (SSSR count). The number of benzene rings is 3. The van der Waals surface area contributed by atoms with Gasteiger partial charge in [-0.15, -0.1) is 0 Å². The fourth-order valence-electron chi connectivity index (χ4n) is 3.77. The van der Waals surface area contributed by atoms with Gasteiger partial charge in [-0.25, -0.2) is 4.79 Å². The van der Waals surface area contributed by atoms with E-state index in [4.69, 9.17) is 18.9 Å². The summed E-state index contributed by atoms with van der Waals surface area (Å²) in [6.07, 6.45) is -1.92. The van der Waals surface area contributed by atoms with Gasteiger partial charge in [-0.3, -0.25) is 0 Å². The molecule has 2 atom stereocenters. The van der Waals surface area contributed by atoms with Crippen molar-refractivity contribution in [1.82, 2.24) is 0 Å². The molecule has 0 amide bonds. The number of hydrogen-bond donors (Lipinski definition) is 5. The molecule has 0 spiro atoms. The quantitative estimate of drug-likeness (QED) is 0.277. The first-order chi connectivity index (χ1) is 16.2. The Morgan fingerprint density at radius 1 is 0.882 bits per heavy atom. The smallest absolute Gasteiger partial charge is 0.338 e. The molecule has 0 bridgehead atoms. The predicted octanol–water partition coefficient (Wildman–Crippen LogP) is 3.13. The summed E-state index contributed by atoms with van der Waals surface area (Å²) < 4.78 is 21.8. The van der Waals surface area contributed by atoms with E-state index in [2.05, 4.69) is 0 Å². The van der Waals surface area contributed by atoms with Crippen LogP contribution in [0.3, 0.4) is 0 Å². The summed E-state index contributed by atoms with van der Waals surface area (Å²) in [4.78, 5) is 13.0. The summed E-state index contributed by atoms with van der Waals surface area (Å²) in [5.41, 5.74) is 0.720. The van der Waals surface area contributed by atoms with E-state index >= 15 is 0 Å². The molecule has 34 heavy (non-hydrogen) atoms. The number of phenolic OH excluding ortho intramolecular Hbond substituents is 5. The molecule has 1 aliphatic heterocycles. The maximum atomic E-state index is 13.0. The van der Waals surface area contributed by atoms with E-state index in [1.807, 2.05) is 0 Å². The zero-order chi connectivity index (χ0) is 24.6. The fraction of sp³-hybridized carbons (Fsp3) is 0.208. The molecular formula is C24H22O10. The van der Waals surface area contributed by atoms with Gasteiger partial charge in [0.2, 0.25) is 5.75 Å². The van der Waals surface area contributed by atoms with E-state index in [1.54, 1.807) is 0 Å². The van der Waals surface area contributed by atoms with Crippen LogP contribution in [0.1, 0.15) is 27.6 Å². The van der Waals surface area contributed by atoms with E-state index in [0.29, 0.717) is 11.1 Å². The second kappa shape index (κ2) is 8.81. The van der Waals surface area contributed by atoms with Crippen LogP contribution in [0, 0.1) is 0 Å². The minimum absolute atomic E-state index is 0.00432. The van der Waals surface area contributed by atoms with Gasteiger partial charge in [0.05, 0.1) is 19.8 Å². The average Bonchev–Trinajstić information content (AvgIpc) is 2.81. The Morgan fingerprint density at radius 2 is 1.56 bits per heavy atom. The largest absolute Gasteiger partial charge is 0.508 e. The summed E-state index contributed by atoms with van der Waals surface area (Å²) >= 11 is 0. The maximum Gasteiger partial charge on any atom is 0.338 e. The molecule has 10 heteroatoms. The molecule has 0 aliphatic carbocycles. The molecule has 5 N–H and O–H groups in total. The summed E-state index contributed by atoms with van der Waals surface area (Å²) in [7, 11) is 2.64. The molecule has 3 aromatic carbocycles. The Balaban J connectivity index is 1.72. The van der Waals surface area contributed by atoms with Crippen LogP contribution in [0.15, 0.2) is 42.5 Å². The normalized spacial score (nSPS) is 16.8. The Morgan fingerprint density at radius 3 is 2.18 bits per heavy atom. The highest BCUT2D eigenvalue weighted by atomic mass is 16.6. The molecule has 0 radical (unpaired) electrons. The van der Waals surface area contributed by atoms with E-state index < -0.39 is 23.9 Å². The summed E-state index contributed by atoms with van der Waals surface area (Å²) in [5, 5.41) is 49.9. The topological polar surface area (TPSA) is 155 Å². The molecule has 10 nitrogen and oxygen atoms in total. The number of fused-ring (bicyclic) bond motifs is 1. The number of methoxy groups -OCH3 is 2. The lowest BCUT2D eigenvalue weighted by molar-refractivity contribution is -0.0189. The molecule has 0 saturated carbocycles. The number of carbonyl (C=O) groups excluding carboxylic acids is 1. The van der Waals surface area contributed by atoms with Crippen LogP contribution in [-0.2, 0) is 11.2 Å². The minimum Gasteiger partial charge on any atom is -0.508 e. The number of aromatic hydroxyl groups is 5. The van der Waals surface area contributed by atoms with Gasteiger partial charge in [0, 0.05) is 29.7 Å². The van der Waals surface area contributed by atoms with Gasteiger partial charge in [0.25, 0.3) is 0 Å². The van der Waals surface area contributed by atoms with Crippen LogP contribution in [0.2, 0.25) is 0 Å². The van der Waals surface area contributed by atoms with Crippen LogP contribution in [0.4, 0.5) is 0 Å². The molecule has 178 valence electrons. The molecule has 0 unspecified atom stereocenters. The summed E-state index contributed by atoms with van der Waals surface area (Å²) in [6, 6.07) is 9.04. The highest BCUT2D eigenvalue weighted by Gasteiger charge is 2.37. The van der Waals surface area contributed by atoms with Crippen molar-refractivity contribution < 1.29 is 49.3 Å². The fourth-order valence-corrected chi connectivity index (χ4v) is 3.77. The van der Waals surface area contributed by atoms with Gasteiger partial charge in [0.1, 0.15) is 23.4 Å². The number of ether oxygens (including phenoxy) is 4. The first kappa shape index (κ1) is 22.7. The summed E-state index contributed by atoms with van der Waals surface area (Å²) in [5.74, 6) is -2.09. The van der Waals surface area contributed by atoms with Crippen molar-refractivity contribution in [3.63, 3.8) is 0 Å². The lowest BCUT2D eigenvalue weighted by atomic mass is 9.93. The maximum absolute atomic E-state index is 13.0. The Labute approximate surface area is 193 Å². The predicted molar refractivity (Wildman–Crippen MR) is 117 cm³/mol. The Hall–Kier alpha value is -4.47. The average molecular weight is 470 g/mol. The van der Waals surface area contributed by atoms with Gasteiger partial charge in [-0.1, -0.05) is 6.07 Å². The van der Waals surface area contributed by atoms with Gasteiger partial charge >= 0.3 is 5.97 Å². The van der Waals surface area contributed by atoms with Crippen molar-refractivity contribution in [3.05, 3.63) is 59.2 Å². The van der Waals surface area contributed by atoms with Crippen LogP contribution < -0.4 is 14.2 Å². The second-order valence-electron chi connectivity index (χ2n) is 7.61. The zero-order valence-electron chi connectivity index (χ0n) is 18.2. The van der Waals surface area contributed by atoms with Crippen molar-refractivity contribution in [2.24, 2.45) is 0 Å². The second-order valence-corrected chi connectivity index (χ2v) is 7.61. The first-order valence-corrected chi connectivity index (χ1v) is 10.1. The van der Waals surface area contributed by atoms with Crippen LogP contribution >= 0.6 is 0 Å². The van der Waals surface area contributed by atoms with Gasteiger partial charge in [-0.05, 0) is 24.3 Å². The molecular weight excluding hydrogens is 448 g/mol. The Bertz CT molecular complexity index is 1230. The van der Waals surface area contributed by atoms with Crippen molar-refractivity contribution in [2.45, 2.75) is 18.6 Å². The van der Waals surface area contributed by atoms with Gasteiger partial charge < -0.3 is 44.5 Å². The van der Waals surface area contributed by atoms with E-state index in [1.165, 1.54) is 50.6 Å². The highest BCUT2D eigenvalue weighted by Crippen LogP contribution is 2.44.